The highest BCUT2D eigenvalue weighted by Crippen LogP contribution is 2.28. The van der Waals surface area contributed by atoms with E-state index in [9.17, 15) is 13.5 Å². The summed E-state index contributed by atoms with van der Waals surface area (Å²) in [6.07, 6.45) is 0.694. The summed E-state index contributed by atoms with van der Waals surface area (Å²) >= 11 is 1.35. The first-order valence-electron chi connectivity index (χ1n) is 5.79. The van der Waals surface area contributed by atoms with Gasteiger partial charge in [-0.2, -0.15) is 0 Å². The zero-order valence-corrected chi connectivity index (χ0v) is 12.0. The fraction of sp³-hybridized carbons (Fsp3) is 0.333. The lowest BCUT2D eigenvalue weighted by Crippen LogP contribution is -2.24. The summed E-state index contributed by atoms with van der Waals surface area (Å²) in [4.78, 5) is 1.57. The Balaban J connectivity index is 2.03. The Bertz CT molecular complexity index is 616. The Hall–Kier alpha value is -1.15. The van der Waals surface area contributed by atoms with Crippen LogP contribution in [0.1, 0.15) is 28.5 Å². The van der Waals surface area contributed by atoms with Crippen molar-refractivity contribution in [1.29, 1.82) is 0 Å². The molecule has 104 valence electrons. The number of thiophene rings is 1. The van der Waals surface area contributed by atoms with Crippen LogP contribution < -0.4 is 4.72 Å². The van der Waals surface area contributed by atoms with E-state index in [1.807, 2.05) is 0 Å². The zero-order valence-electron chi connectivity index (χ0n) is 10.4. The van der Waals surface area contributed by atoms with Gasteiger partial charge in [0.25, 0.3) is 0 Å². The van der Waals surface area contributed by atoms with E-state index in [4.69, 9.17) is 4.42 Å². The number of aliphatic hydroxyl groups is 1. The van der Waals surface area contributed by atoms with Crippen LogP contribution in [0.3, 0.4) is 0 Å². The molecule has 0 aliphatic rings. The summed E-state index contributed by atoms with van der Waals surface area (Å²) < 4.78 is 30.3. The highest BCUT2D eigenvalue weighted by atomic mass is 32.2. The molecular formula is C12H15NO4S2. The van der Waals surface area contributed by atoms with Gasteiger partial charge in [-0.05, 0) is 31.2 Å². The summed E-state index contributed by atoms with van der Waals surface area (Å²) in [6, 6.07) is 6.98. The molecule has 0 saturated carbocycles. The van der Waals surface area contributed by atoms with Crippen LogP contribution in [0.4, 0.5) is 0 Å². The number of rotatable bonds is 6. The lowest BCUT2D eigenvalue weighted by Gasteiger charge is -2.04. The maximum absolute atomic E-state index is 11.3. The summed E-state index contributed by atoms with van der Waals surface area (Å²) in [5.41, 5.74) is 0. The van der Waals surface area contributed by atoms with Crippen LogP contribution in [0, 0.1) is 0 Å². The first-order chi connectivity index (χ1) is 9.02. The van der Waals surface area contributed by atoms with Crippen LogP contribution >= 0.6 is 11.3 Å². The summed E-state index contributed by atoms with van der Waals surface area (Å²) in [6.45, 7) is 1.83. The van der Waals surface area contributed by atoms with Gasteiger partial charge in [0.1, 0.15) is 11.9 Å². The summed E-state index contributed by atoms with van der Waals surface area (Å²) in [5.74, 6) is 0.530. The van der Waals surface area contributed by atoms with Crippen LogP contribution in [0.2, 0.25) is 0 Å². The average Bonchev–Trinajstić information content (AvgIpc) is 3.07. The van der Waals surface area contributed by atoms with Crippen molar-refractivity contribution in [2.45, 2.75) is 19.6 Å². The molecular weight excluding hydrogens is 286 g/mol. The van der Waals surface area contributed by atoms with Gasteiger partial charge < -0.3 is 9.52 Å². The van der Waals surface area contributed by atoms with Gasteiger partial charge in [0.15, 0.2) is 0 Å². The second-order valence-corrected chi connectivity index (χ2v) is 7.24. The largest absolute Gasteiger partial charge is 0.466 e. The molecule has 2 aromatic heterocycles. The molecule has 0 saturated heterocycles. The lowest BCUT2D eigenvalue weighted by atomic mass is 10.2. The molecule has 0 fully saturated rings. The van der Waals surface area contributed by atoms with Crippen LogP contribution in [0.5, 0.6) is 0 Å². The number of hydrogen-bond donors (Lipinski definition) is 2. The predicted octanol–water partition coefficient (Wildman–Crippen LogP) is 1.86. The topological polar surface area (TPSA) is 79.5 Å². The molecule has 0 amide bonds. The highest BCUT2D eigenvalue weighted by molar-refractivity contribution is 7.89. The molecule has 0 aliphatic carbocycles. The molecule has 1 atom stereocenters. The molecule has 2 rings (SSSR count). The molecule has 19 heavy (non-hydrogen) atoms. The Labute approximate surface area is 115 Å². The van der Waals surface area contributed by atoms with Crippen LogP contribution in [0.25, 0.3) is 0 Å². The van der Waals surface area contributed by atoms with E-state index in [0.717, 1.165) is 9.75 Å². The quantitative estimate of drug-likeness (QED) is 0.853. The van der Waals surface area contributed by atoms with Gasteiger partial charge in [0.05, 0.1) is 12.0 Å². The molecule has 7 heteroatoms. The third kappa shape index (κ3) is 3.66. The van der Waals surface area contributed by atoms with Gasteiger partial charge in [-0.1, -0.05) is 0 Å². The van der Waals surface area contributed by atoms with Gasteiger partial charge in [-0.25, -0.2) is 13.1 Å². The van der Waals surface area contributed by atoms with Crippen molar-refractivity contribution in [2.24, 2.45) is 0 Å². The standard InChI is InChI=1S/C12H15NO4S2/c1-2-19(15,16)13-8-9-5-6-11(18-9)12(14)10-4-3-7-17-10/h3-7,12-14H,2,8H2,1H3. The number of sulfonamides is 1. The fourth-order valence-electron chi connectivity index (χ4n) is 1.51. The third-order valence-electron chi connectivity index (χ3n) is 2.61. The van der Waals surface area contributed by atoms with Gasteiger partial charge in [0, 0.05) is 16.3 Å². The van der Waals surface area contributed by atoms with E-state index in [2.05, 4.69) is 4.72 Å². The predicted molar refractivity (Wildman–Crippen MR) is 73.4 cm³/mol. The molecule has 0 spiro atoms. The zero-order chi connectivity index (χ0) is 13.9. The second-order valence-electron chi connectivity index (χ2n) is 3.95. The number of hydrogen-bond acceptors (Lipinski definition) is 5. The molecule has 0 aromatic carbocycles. The van der Waals surface area contributed by atoms with E-state index < -0.39 is 16.1 Å². The maximum atomic E-state index is 11.3. The SMILES string of the molecule is CCS(=O)(=O)NCc1ccc(C(O)c2ccco2)s1. The van der Waals surface area contributed by atoms with E-state index in [1.54, 1.807) is 31.2 Å². The van der Waals surface area contributed by atoms with E-state index in [-0.39, 0.29) is 12.3 Å². The molecule has 0 radical (unpaired) electrons. The molecule has 2 aromatic rings. The van der Waals surface area contributed by atoms with Crippen molar-refractivity contribution >= 4 is 21.4 Å². The van der Waals surface area contributed by atoms with Crippen molar-refractivity contribution in [3.63, 3.8) is 0 Å². The minimum absolute atomic E-state index is 0.0558. The minimum atomic E-state index is -3.20. The van der Waals surface area contributed by atoms with Crippen molar-refractivity contribution in [1.82, 2.24) is 4.72 Å². The minimum Gasteiger partial charge on any atom is -0.466 e. The highest BCUT2D eigenvalue weighted by Gasteiger charge is 2.16. The Morgan fingerprint density at radius 3 is 2.84 bits per heavy atom. The number of aliphatic hydroxyl groups excluding tert-OH is 1. The lowest BCUT2D eigenvalue weighted by molar-refractivity contribution is 0.193. The molecule has 0 aliphatic heterocycles. The monoisotopic (exact) mass is 301 g/mol. The van der Waals surface area contributed by atoms with Crippen LogP contribution in [-0.4, -0.2) is 19.3 Å². The van der Waals surface area contributed by atoms with Gasteiger partial charge in [-0.3, -0.25) is 0 Å². The molecule has 5 nitrogen and oxygen atoms in total. The van der Waals surface area contributed by atoms with Crippen molar-refractivity contribution in [3.8, 4) is 0 Å². The fourth-order valence-corrected chi connectivity index (χ4v) is 3.12. The third-order valence-corrected chi connectivity index (χ3v) is 5.09. The smallest absolute Gasteiger partial charge is 0.211 e. The Morgan fingerprint density at radius 1 is 1.42 bits per heavy atom. The normalized spacial score (nSPS) is 13.6. The van der Waals surface area contributed by atoms with Crippen molar-refractivity contribution in [3.05, 3.63) is 46.0 Å². The summed E-state index contributed by atoms with van der Waals surface area (Å²) in [5, 5.41) is 10.0. The van der Waals surface area contributed by atoms with Gasteiger partial charge in [0.2, 0.25) is 10.0 Å². The van der Waals surface area contributed by atoms with E-state index >= 15 is 0 Å². The number of furan rings is 1. The Kier molecular flexibility index (Phi) is 4.41. The van der Waals surface area contributed by atoms with Gasteiger partial charge in [-0.15, -0.1) is 11.3 Å². The van der Waals surface area contributed by atoms with Crippen LogP contribution in [0.15, 0.2) is 34.9 Å². The average molecular weight is 301 g/mol. The van der Waals surface area contributed by atoms with E-state index in [1.165, 1.54) is 17.6 Å². The molecule has 2 N–H and O–H groups in total. The van der Waals surface area contributed by atoms with Crippen LogP contribution in [-0.2, 0) is 16.6 Å². The maximum Gasteiger partial charge on any atom is 0.211 e. The number of nitrogens with one attached hydrogen (secondary N) is 1. The first-order valence-corrected chi connectivity index (χ1v) is 8.26. The first kappa shape index (κ1) is 14.3. The molecule has 2 heterocycles. The Morgan fingerprint density at radius 2 is 2.21 bits per heavy atom. The second kappa shape index (κ2) is 5.87. The molecule has 1 unspecified atom stereocenters. The molecule has 0 bridgehead atoms. The van der Waals surface area contributed by atoms with Gasteiger partial charge >= 0.3 is 0 Å². The van der Waals surface area contributed by atoms with Crippen molar-refractivity contribution < 1.29 is 17.9 Å². The van der Waals surface area contributed by atoms with E-state index in [0.29, 0.717) is 5.76 Å². The summed E-state index contributed by atoms with van der Waals surface area (Å²) in [7, 11) is -3.20. The van der Waals surface area contributed by atoms with Crippen molar-refractivity contribution in [2.75, 3.05) is 5.75 Å².